The molecule has 0 unspecified atom stereocenters. The number of amides is 1. The SMILES string of the molecule is CC(C)(C)OC(=O)N1CCC[C@H]1c1cc(B2OC(C)(C)C(C)(C)O2)cc2c1CCCC2. The predicted octanol–water partition coefficient (Wildman–Crippen LogP) is 4.94. The molecule has 2 aliphatic heterocycles. The van der Waals surface area contributed by atoms with E-state index in [1.54, 1.807) is 0 Å². The molecule has 6 heteroatoms. The largest absolute Gasteiger partial charge is 0.494 e. The monoisotopic (exact) mass is 427 g/mol. The normalized spacial score (nSPS) is 24.9. The van der Waals surface area contributed by atoms with Crippen molar-refractivity contribution in [3.8, 4) is 0 Å². The molecular formula is C25H38BNO4. The highest BCUT2D eigenvalue weighted by Gasteiger charge is 2.52. The maximum absolute atomic E-state index is 13.0. The first kappa shape index (κ1) is 22.7. The Morgan fingerprint density at radius 3 is 2.35 bits per heavy atom. The molecule has 2 heterocycles. The summed E-state index contributed by atoms with van der Waals surface area (Å²) in [5.74, 6) is 0. The molecular weight excluding hydrogens is 389 g/mol. The zero-order valence-electron chi connectivity index (χ0n) is 20.3. The first-order valence-corrected chi connectivity index (χ1v) is 11.9. The molecule has 3 aliphatic rings. The first-order valence-electron chi connectivity index (χ1n) is 11.9. The fourth-order valence-electron chi connectivity index (χ4n) is 4.97. The summed E-state index contributed by atoms with van der Waals surface area (Å²) in [7, 11) is -0.382. The summed E-state index contributed by atoms with van der Waals surface area (Å²) in [6.45, 7) is 14.9. The molecule has 1 amide bonds. The second-order valence-electron chi connectivity index (χ2n) is 11.4. The van der Waals surface area contributed by atoms with Crippen molar-refractivity contribution < 1.29 is 18.8 Å². The Hall–Kier alpha value is -1.53. The summed E-state index contributed by atoms with van der Waals surface area (Å²) >= 11 is 0. The molecule has 1 atom stereocenters. The molecule has 2 saturated heterocycles. The first-order chi connectivity index (χ1) is 14.4. The number of likely N-dealkylation sites (tertiary alicyclic amines) is 1. The van der Waals surface area contributed by atoms with Crippen molar-refractivity contribution in [3.05, 3.63) is 28.8 Å². The summed E-state index contributed by atoms with van der Waals surface area (Å²) in [6.07, 6.45) is 6.33. The summed E-state index contributed by atoms with van der Waals surface area (Å²) in [4.78, 5) is 14.9. The summed E-state index contributed by atoms with van der Waals surface area (Å²) in [6, 6.07) is 4.59. The summed E-state index contributed by atoms with van der Waals surface area (Å²) < 4.78 is 18.5. The fourth-order valence-corrected chi connectivity index (χ4v) is 4.97. The van der Waals surface area contributed by atoms with Gasteiger partial charge < -0.3 is 18.9 Å². The molecule has 170 valence electrons. The molecule has 2 fully saturated rings. The van der Waals surface area contributed by atoms with Crippen LogP contribution in [0.3, 0.4) is 0 Å². The second kappa shape index (κ2) is 7.81. The van der Waals surface area contributed by atoms with E-state index in [0.29, 0.717) is 0 Å². The lowest BCUT2D eigenvalue weighted by atomic mass is 9.73. The quantitative estimate of drug-likeness (QED) is 0.628. The smallest absolute Gasteiger partial charge is 0.444 e. The van der Waals surface area contributed by atoms with Crippen LogP contribution >= 0.6 is 0 Å². The van der Waals surface area contributed by atoms with Crippen molar-refractivity contribution in [2.24, 2.45) is 0 Å². The van der Waals surface area contributed by atoms with Crippen LogP contribution in [0.2, 0.25) is 0 Å². The van der Waals surface area contributed by atoms with E-state index in [1.165, 1.54) is 29.5 Å². The van der Waals surface area contributed by atoms with Crippen molar-refractivity contribution in [1.29, 1.82) is 0 Å². The third kappa shape index (κ3) is 4.38. The molecule has 0 bridgehead atoms. The Balaban J connectivity index is 1.70. The van der Waals surface area contributed by atoms with Crippen LogP contribution in [0.4, 0.5) is 4.79 Å². The average Bonchev–Trinajstić information content (AvgIpc) is 3.22. The van der Waals surface area contributed by atoms with Crippen LogP contribution in [0.25, 0.3) is 0 Å². The Morgan fingerprint density at radius 1 is 1.06 bits per heavy atom. The highest BCUT2D eigenvalue weighted by atomic mass is 16.7. The fraction of sp³-hybridized carbons (Fsp3) is 0.720. The number of ether oxygens (including phenoxy) is 1. The van der Waals surface area contributed by atoms with Gasteiger partial charge in [-0.2, -0.15) is 0 Å². The molecule has 0 radical (unpaired) electrons. The molecule has 0 aromatic heterocycles. The number of hydrogen-bond acceptors (Lipinski definition) is 4. The lowest BCUT2D eigenvalue weighted by Gasteiger charge is -2.32. The van der Waals surface area contributed by atoms with E-state index in [0.717, 1.165) is 37.7 Å². The zero-order chi connectivity index (χ0) is 22.6. The van der Waals surface area contributed by atoms with Crippen LogP contribution < -0.4 is 5.46 Å². The Kier molecular flexibility index (Phi) is 5.71. The van der Waals surface area contributed by atoms with Gasteiger partial charge in [-0.05, 0) is 109 Å². The molecule has 1 aromatic rings. The number of fused-ring (bicyclic) bond motifs is 1. The lowest BCUT2D eigenvalue weighted by Crippen LogP contribution is -2.41. The van der Waals surface area contributed by atoms with Crippen LogP contribution in [0.5, 0.6) is 0 Å². The summed E-state index contributed by atoms with van der Waals surface area (Å²) in [5.41, 5.74) is 3.92. The molecule has 4 rings (SSSR count). The number of benzene rings is 1. The average molecular weight is 427 g/mol. The lowest BCUT2D eigenvalue weighted by molar-refractivity contribution is 0.00578. The number of hydrogen-bond donors (Lipinski definition) is 0. The Bertz CT molecular complexity index is 842. The topological polar surface area (TPSA) is 48.0 Å². The minimum Gasteiger partial charge on any atom is -0.444 e. The van der Waals surface area contributed by atoms with Gasteiger partial charge in [0.1, 0.15) is 5.60 Å². The van der Waals surface area contributed by atoms with Crippen LogP contribution in [-0.2, 0) is 26.9 Å². The number of aryl methyl sites for hydroxylation is 1. The van der Waals surface area contributed by atoms with Crippen LogP contribution in [0.15, 0.2) is 12.1 Å². The van der Waals surface area contributed by atoms with E-state index in [1.807, 2.05) is 25.7 Å². The number of nitrogens with zero attached hydrogens (tertiary/aromatic N) is 1. The molecule has 1 aliphatic carbocycles. The molecule has 0 spiro atoms. The standard InChI is InChI=1S/C25H38BNO4/c1-23(2,3)29-22(28)27-14-10-13-21(27)20-16-18(15-17-11-8-9-12-19(17)20)26-30-24(4,5)25(6,7)31-26/h15-16,21H,8-14H2,1-7H3/t21-/m0/s1. The van der Waals surface area contributed by atoms with Crippen molar-refractivity contribution in [3.63, 3.8) is 0 Å². The van der Waals surface area contributed by atoms with Gasteiger partial charge in [-0.3, -0.25) is 0 Å². The van der Waals surface area contributed by atoms with Crippen molar-refractivity contribution in [1.82, 2.24) is 4.90 Å². The Morgan fingerprint density at radius 2 is 1.71 bits per heavy atom. The molecule has 5 nitrogen and oxygen atoms in total. The van der Waals surface area contributed by atoms with Crippen molar-refractivity contribution in [2.45, 2.75) is 110 Å². The number of carbonyl (C=O) groups excluding carboxylic acids is 1. The van der Waals surface area contributed by atoms with Gasteiger partial charge in [0.25, 0.3) is 0 Å². The molecule has 1 aromatic carbocycles. The third-order valence-corrected chi connectivity index (χ3v) is 7.29. The van der Waals surface area contributed by atoms with E-state index >= 15 is 0 Å². The van der Waals surface area contributed by atoms with E-state index in [4.69, 9.17) is 14.0 Å². The van der Waals surface area contributed by atoms with E-state index in [9.17, 15) is 4.79 Å². The van der Waals surface area contributed by atoms with Gasteiger partial charge in [0.2, 0.25) is 0 Å². The maximum atomic E-state index is 13.0. The Labute approximate surface area is 188 Å². The minimum atomic E-state index is -0.492. The van der Waals surface area contributed by atoms with Crippen molar-refractivity contribution >= 4 is 18.7 Å². The molecule has 0 saturated carbocycles. The van der Waals surface area contributed by atoms with Gasteiger partial charge in [0.05, 0.1) is 17.2 Å². The highest BCUT2D eigenvalue weighted by Crippen LogP contribution is 2.40. The predicted molar refractivity (Wildman–Crippen MR) is 124 cm³/mol. The van der Waals surface area contributed by atoms with E-state index in [-0.39, 0.29) is 30.5 Å². The molecule has 0 N–H and O–H groups in total. The van der Waals surface area contributed by atoms with Crippen LogP contribution in [0.1, 0.15) is 96.9 Å². The van der Waals surface area contributed by atoms with Crippen molar-refractivity contribution in [2.75, 3.05) is 6.54 Å². The van der Waals surface area contributed by atoms with Crippen LogP contribution in [0, 0.1) is 0 Å². The van der Waals surface area contributed by atoms with E-state index in [2.05, 4.69) is 39.8 Å². The number of carbonyl (C=O) groups is 1. The maximum Gasteiger partial charge on any atom is 0.494 e. The van der Waals surface area contributed by atoms with Gasteiger partial charge >= 0.3 is 13.2 Å². The second-order valence-corrected chi connectivity index (χ2v) is 11.4. The van der Waals surface area contributed by atoms with Gasteiger partial charge in [-0.1, -0.05) is 12.1 Å². The van der Waals surface area contributed by atoms with Gasteiger partial charge in [0, 0.05) is 6.54 Å². The van der Waals surface area contributed by atoms with Gasteiger partial charge in [-0.25, -0.2) is 4.79 Å². The minimum absolute atomic E-state index is 0.0593. The zero-order valence-corrected chi connectivity index (χ0v) is 20.3. The van der Waals surface area contributed by atoms with E-state index < -0.39 is 5.60 Å². The summed E-state index contributed by atoms with van der Waals surface area (Å²) in [5, 5.41) is 0. The molecule has 31 heavy (non-hydrogen) atoms. The van der Waals surface area contributed by atoms with Gasteiger partial charge in [-0.15, -0.1) is 0 Å². The van der Waals surface area contributed by atoms with Crippen LogP contribution in [-0.4, -0.2) is 41.5 Å². The highest BCUT2D eigenvalue weighted by molar-refractivity contribution is 6.62. The third-order valence-electron chi connectivity index (χ3n) is 7.29. The van der Waals surface area contributed by atoms with Gasteiger partial charge in [0.15, 0.2) is 0 Å². The number of rotatable bonds is 2.